The Hall–Kier alpha value is -1.18. The fourth-order valence-electron chi connectivity index (χ4n) is 6.69. The molecule has 1 fully saturated rings. The summed E-state index contributed by atoms with van der Waals surface area (Å²) >= 11 is 0. The van der Waals surface area contributed by atoms with Crippen LogP contribution in [0.5, 0.6) is 0 Å². The van der Waals surface area contributed by atoms with Crippen LogP contribution in [0.25, 0.3) is 0 Å². The Morgan fingerprint density at radius 2 is 1.50 bits per heavy atom. The third-order valence-corrected chi connectivity index (χ3v) is 10.7. The molecule has 0 spiro atoms. The molecule has 1 aliphatic carbocycles. The highest BCUT2D eigenvalue weighted by Gasteiger charge is 2.74. The van der Waals surface area contributed by atoms with Gasteiger partial charge in [-0.1, -0.05) is 26.7 Å². The van der Waals surface area contributed by atoms with Gasteiger partial charge >= 0.3 is 0 Å². The zero-order chi connectivity index (χ0) is 26.9. The first-order valence-corrected chi connectivity index (χ1v) is 12.4. The van der Waals surface area contributed by atoms with Crippen LogP contribution in [0.3, 0.4) is 0 Å². The Morgan fingerprint density at radius 1 is 1.00 bits per heavy atom. The van der Waals surface area contributed by atoms with E-state index < -0.39 is 27.4 Å². The smallest absolute Gasteiger partial charge is 0.254 e. The number of primary amides is 1. The molecule has 1 saturated carbocycles. The van der Waals surface area contributed by atoms with Gasteiger partial charge in [0.1, 0.15) is 45.0 Å². The van der Waals surface area contributed by atoms with Crippen LogP contribution >= 0.6 is 0 Å². The third kappa shape index (κ3) is 3.72. The van der Waals surface area contributed by atoms with Crippen molar-refractivity contribution in [3.05, 3.63) is 11.8 Å². The molecule has 7 nitrogen and oxygen atoms in total. The average Bonchev–Trinajstić information content (AvgIpc) is 2.63. The number of aromatic nitrogens is 2. The van der Waals surface area contributed by atoms with Gasteiger partial charge in [0, 0.05) is 17.2 Å². The molecule has 3 unspecified atom stereocenters. The Bertz CT molecular complexity index is 953. The molecular weight excluding hydrogens is 413 g/mol. The van der Waals surface area contributed by atoms with Crippen LogP contribution in [0.15, 0.2) is 6.20 Å². The predicted octanol–water partition coefficient (Wildman–Crippen LogP) is -9.19. The number of rotatable bonds is 5. The number of amides is 1. The summed E-state index contributed by atoms with van der Waals surface area (Å²) < 4.78 is 0. The van der Waals surface area contributed by atoms with Gasteiger partial charge in [0.2, 0.25) is 5.95 Å². The van der Waals surface area contributed by atoms with Crippen LogP contribution in [-0.4, -0.2) is 124 Å². The van der Waals surface area contributed by atoms with E-state index in [1.165, 1.54) is 6.20 Å². The quantitative estimate of drug-likeness (QED) is 0.331. The van der Waals surface area contributed by atoms with Crippen molar-refractivity contribution in [2.24, 2.45) is 5.73 Å². The Morgan fingerprint density at radius 3 is 1.91 bits per heavy atom. The van der Waals surface area contributed by atoms with Crippen molar-refractivity contribution in [2.75, 3.05) is 10.6 Å². The van der Waals surface area contributed by atoms with Gasteiger partial charge in [-0.15, -0.1) is 0 Å². The minimum Gasteiger partial charge on any atom is -0.400 e. The van der Waals surface area contributed by atoms with Gasteiger partial charge in [-0.2, -0.15) is 4.98 Å². The van der Waals surface area contributed by atoms with Crippen molar-refractivity contribution >= 4 is 104 Å². The normalized spacial score (nSPS) is 32.0. The van der Waals surface area contributed by atoms with Gasteiger partial charge in [-0.3, -0.25) is 4.79 Å². The molecular formula is C16H38B11N5O2. The number of nitrogens with one attached hydrogen (secondary N) is 2. The van der Waals surface area contributed by atoms with Gasteiger partial charge < -0.3 is 21.5 Å². The molecule has 0 aromatic carbocycles. The summed E-state index contributed by atoms with van der Waals surface area (Å²) in [6.45, 7) is 6.06. The van der Waals surface area contributed by atoms with Crippen LogP contribution in [0, 0.1) is 0 Å². The summed E-state index contributed by atoms with van der Waals surface area (Å²) in [6, 6.07) is 0. The van der Waals surface area contributed by atoms with Gasteiger partial charge in [0.15, 0.2) is 0 Å². The van der Waals surface area contributed by atoms with Crippen LogP contribution in [0.2, 0.25) is 26.7 Å². The van der Waals surface area contributed by atoms with E-state index in [-0.39, 0.29) is 27.2 Å². The standard InChI is InChI=1S/C16H38B11N5O2/c1-10(2,3)32-9-29-4-5(6(28)33)7(30-9)31-15(26)13(22,23)12(20,21)11(19,8(17)18)16(27,34)14(15,24)25/h4,8,34H,17-27H2,1-3H3,(H2,28,33)(H2,29,30,31,32). The van der Waals surface area contributed by atoms with Crippen molar-refractivity contribution in [3.8, 4) is 0 Å². The van der Waals surface area contributed by atoms with Crippen LogP contribution in [0.4, 0.5) is 11.8 Å². The number of nitrogens with two attached hydrogens (primary N) is 1. The monoisotopic (exact) mass is 453 g/mol. The predicted molar refractivity (Wildman–Crippen MR) is 174 cm³/mol. The summed E-state index contributed by atoms with van der Waals surface area (Å²) in [5.41, 5.74) is 4.16. The molecule has 1 amide bonds. The zero-order valence-electron chi connectivity index (χ0n) is 24.0. The number of anilines is 2. The lowest BCUT2D eigenvalue weighted by molar-refractivity contribution is 0.00473. The minimum atomic E-state index is -1.07. The van der Waals surface area contributed by atoms with Crippen LogP contribution in [0.1, 0.15) is 31.1 Å². The van der Waals surface area contributed by atoms with Crippen molar-refractivity contribution in [3.63, 3.8) is 0 Å². The highest BCUT2D eigenvalue weighted by molar-refractivity contribution is 6.66. The maximum atomic E-state index is 12.4. The molecule has 18 heteroatoms. The second kappa shape index (κ2) is 8.17. The molecule has 1 aliphatic rings. The third-order valence-electron chi connectivity index (χ3n) is 10.7. The number of hydrogen-bond donors (Lipinski definition) is 4. The fourth-order valence-corrected chi connectivity index (χ4v) is 6.69. The molecule has 3 atom stereocenters. The summed E-state index contributed by atoms with van der Waals surface area (Å²) in [7, 11) is 23.9. The molecule has 34 heavy (non-hydrogen) atoms. The Labute approximate surface area is 215 Å². The number of aliphatic hydroxyl groups is 1. The maximum absolute atomic E-state index is 12.4. The topological polar surface area (TPSA) is 113 Å². The van der Waals surface area contributed by atoms with E-state index in [0.717, 1.165) is 0 Å². The Balaban J connectivity index is 2.83. The SMILES string of the molecule is BC(B)C1(B)C(B)(B)C(B)(B)C(B)(Nc2nc(NC(C)(C)C)ncc2C(N)=O)C(B)(B)C1(B)O. The van der Waals surface area contributed by atoms with Crippen molar-refractivity contribution in [1.29, 1.82) is 0 Å². The Kier molecular flexibility index (Phi) is 6.99. The molecule has 0 radical (unpaired) electrons. The van der Waals surface area contributed by atoms with Gasteiger partial charge in [-0.25, -0.2) is 4.98 Å². The molecule has 172 valence electrons. The first-order valence-electron chi connectivity index (χ1n) is 12.4. The van der Waals surface area contributed by atoms with Crippen molar-refractivity contribution in [2.45, 2.75) is 63.9 Å². The number of carbonyl (C=O) groups excluding carboxylic acids is 1. The van der Waals surface area contributed by atoms with E-state index in [1.54, 1.807) is 0 Å². The number of hydrogen-bond acceptors (Lipinski definition) is 6. The summed E-state index contributed by atoms with van der Waals surface area (Å²) in [4.78, 5) is 21.4. The molecule has 1 aromatic rings. The fraction of sp³-hybridized carbons (Fsp3) is 0.688. The summed E-state index contributed by atoms with van der Waals surface area (Å²) in [6.07, 6.45) is 1.47. The van der Waals surface area contributed by atoms with E-state index in [1.807, 2.05) is 28.6 Å². The van der Waals surface area contributed by atoms with Crippen molar-refractivity contribution in [1.82, 2.24) is 9.97 Å². The summed E-state index contributed by atoms with van der Waals surface area (Å²) in [5.74, 6) is 0.184. The second-order valence-corrected chi connectivity index (χ2v) is 13.7. The van der Waals surface area contributed by atoms with Gasteiger partial charge in [0.05, 0.1) is 52.6 Å². The molecule has 5 N–H and O–H groups in total. The lowest BCUT2D eigenvalue weighted by Crippen LogP contribution is -2.80. The number of nitrogens with zero attached hydrogens (tertiary/aromatic N) is 2. The molecule has 0 aliphatic heterocycles. The van der Waals surface area contributed by atoms with E-state index in [4.69, 9.17) is 10.7 Å². The maximum Gasteiger partial charge on any atom is 0.254 e. The average molecular weight is 451 g/mol. The highest BCUT2D eigenvalue weighted by atomic mass is 16.3. The van der Waals surface area contributed by atoms with E-state index in [2.05, 4.69) is 94.1 Å². The molecule has 2 rings (SSSR count). The lowest BCUT2D eigenvalue weighted by Gasteiger charge is -2.80. The first kappa shape index (κ1) is 29.1. The largest absolute Gasteiger partial charge is 0.400 e. The van der Waals surface area contributed by atoms with Gasteiger partial charge in [-0.05, 0) is 26.2 Å². The lowest BCUT2D eigenvalue weighted by atomic mass is 9.02. The molecule has 1 aromatic heterocycles. The van der Waals surface area contributed by atoms with E-state index >= 15 is 0 Å². The molecule has 0 bridgehead atoms. The first-order chi connectivity index (χ1) is 14.9. The van der Waals surface area contributed by atoms with E-state index in [9.17, 15) is 9.90 Å². The highest BCUT2D eigenvalue weighted by Crippen LogP contribution is 2.79. The summed E-state index contributed by atoms with van der Waals surface area (Å²) in [5, 5.41) is 17.6. The van der Waals surface area contributed by atoms with Crippen LogP contribution in [-0.2, 0) is 0 Å². The number of carbonyl (C=O) groups is 1. The minimum absolute atomic E-state index is 0.224. The van der Waals surface area contributed by atoms with Crippen molar-refractivity contribution < 1.29 is 9.90 Å². The molecule has 1 heterocycles. The van der Waals surface area contributed by atoms with E-state index in [0.29, 0.717) is 11.8 Å². The van der Waals surface area contributed by atoms with Crippen LogP contribution < -0.4 is 16.4 Å². The second-order valence-electron chi connectivity index (χ2n) is 13.7. The molecule has 0 saturated heterocycles. The zero-order valence-corrected chi connectivity index (χ0v) is 24.0. The van der Waals surface area contributed by atoms with Gasteiger partial charge in [0.25, 0.3) is 5.91 Å².